The highest BCUT2D eigenvalue weighted by Crippen LogP contribution is 2.42. The molecule has 5 rings (SSSR count). The summed E-state index contributed by atoms with van der Waals surface area (Å²) in [5.41, 5.74) is 4.14. The zero-order valence-corrected chi connectivity index (χ0v) is 18.8. The van der Waals surface area contributed by atoms with Gasteiger partial charge in [0.15, 0.2) is 0 Å². The molecule has 1 saturated heterocycles. The second-order valence-electron chi connectivity index (χ2n) is 9.60. The van der Waals surface area contributed by atoms with E-state index in [4.69, 9.17) is 14.7 Å². The molecular weight excluding hydrogens is 396 g/mol. The summed E-state index contributed by atoms with van der Waals surface area (Å²) in [4.78, 5) is 21.3. The van der Waals surface area contributed by atoms with Crippen molar-refractivity contribution in [3.63, 3.8) is 0 Å². The van der Waals surface area contributed by atoms with Gasteiger partial charge < -0.3 is 14.6 Å². The number of carbonyl (C=O) groups excluding carboxylic acids is 1. The predicted octanol–water partition coefficient (Wildman–Crippen LogP) is 4.70. The first-order chi connectivity index (χ1) is 14.3. The predicted molar refractivity (Wildman–Crippen MR) is 119 cm³/mol. The third-order valence-corrected chi connectivity index (χ3v) is 6.97. The monoisotopic (exact) mass is 424 g/mol. The molecule has 1 aliphatic carbocycles. The van der Waals surface area contributed by atoms with Crippen LogP contribution in [0.2, 0.25) is 0 Å². The van der Waals surface area contributed by atoms with Crippen molar-refractivity contribution in [3.05, 3.63) is 29.5 Å². The summed E-state index contributed by atoms with van der Waals surface area (Å²) >= 11 is 1.66. The average molecular weight is 425 g/mol. The van der Waals surface area contributed by atoms with E-state index < -0.39 is 0 Å². The molecule has 6 nitrogen and oxygen atoms in total. The number of fused-ring (bicyclic) bond motifs is 1. The molecule has 0 unspecified atom stereocenters. The van der Waals surface area contributed by atoms with Crippen LogP contribution in [0.5, 0.6) is 5.75 Å². The van der Waals surface area contributed by atoms with Gasteiger partial charge in [-0.2, -0.15) is 0 Å². The molecule has 1 saturated carbocycles. The Labute approximate surface area is 180 Å². The summed E-state index contributed by atoms with van der Waals surface area (Å²) < 4.78 is 8.75. The Kier molecular flexibility index (Phi) is 4.61. The Bertz CT molecular complexity index is 1110. The van der Waals surface area contributed by atoms with Crippen LogP contribution >= 0.6 is 11.3 Å². The van der Waals surface area contributed by atoms with Gasteiger partial charge in [0.1, 0.15) is 22.4 Å². The maximum Gasteiger partial charge on any atom is 0.220 e. The average Bonchev–Trinajstić information content (AvgIpc) is 3.10. The lowest BCUT2D eigenvalue weighted by molar-refractivity contribution is -0.119. The second-order valence-corrected chi connectivity index (χ2v) is 10.5. The third kappa shape index (κ3) is 3.60. The molecule has 2 aliphatic rings. The van der Waals surface area contributed by atoms with E-state index in [1.165, 1.54) is 12.8 Å². The Morgan fingerprint density at radius 1 is 1.30 bits per heavy atom. The van der Waals surface area contributed by atoms with Gasteiger partial charge in [0.2, 0.25) is 5.91 Å². The van der Waals surface area contributed by atoms with Crippen LogP contribution in [-0.4, -0.2) is 33.1 Å². The Morgan fingerprint density at radius 2 is 2.10 bits per heavy atom. The van der Waals surface area contributed by atoms with Gasteiger partial charge in [-0.05, 0) is 31.9 Å². The molecule has 7 heteroatoms. The van der Waals surface area contributed by atoms with Crippen molar-refractivity contribution in [2.24, 2.45) is 5.92 Å². The standard InChI is InChI=1S/C23H28N4O2S/c1-13(15-9-20(28)24-10-15)29-18-8-14(22-26-19(11-30-22)23(2,3)4)7-17-21(18)27(12-25-17)16-5-6-16/h7-8,11-13,15-16H,5-6,9-10H2,1-4H3,(H,24,28)/t13-,15-/m1/s1. The molecule has 1 amide bonds. The van der Waals surface area contributed by atoms with E-state index in [-0.39, 0.29) is 23.3 Å². The number of carbonyl (C=O) groups is 1. The van der Waals surface area contributed by atoms with Crippen LogP contribution in [-0.2, 0) is 10.2 Å². The van der Waals surface area contributed by atoms with E-state index >= 15 is 0 Å². The van der Waals surface area contributed by atoms with E-state index in [0.717, 1.165) is 33.0 Å². The van der Waals surface area contributed by atoms with E-state index in [9.17, 15) is 4.79 Å². The molecule has 2 aromatic heterocycles. The quantitative estimate of drug-likeness (QED) is 0.645. The van der Waals surface area contributed by atoms with Gasteiger partial charge in [-0.25, -0.2) is 9.97 Å². The van der Waals surface area contributed by atoms with Gasteiger partial charge in [0, 0.05) is 41.3 Å². The number of aromatic nitrogens is 3. The van der Waals surface area contributed by atoms with Gasteiger partial charge in [0.25, 0.3) is 0 Å². The number of hydrogen-bond donors (Lipinski definition) is 1. The largest absolute Gasteiger partial charge is 0.488 e. The normalized spacial score (nSPS) is 20.5. The Balaban J connectivity index is 1.55. The maximum absolute atomic E-state index is 11.7. The number of hydrogen-bond acceptors (Lipinski definition) is 5. The van der Waals surface area contributed by atoms with E-state index in [2.05, 4.69) is 55.1 Å². The molecule has 0 bridgehead atoms. The van der Waals surface area contributed by atoms with Crippen molar-refractivity contribution in [1.82, 2.24) is 19.9 Å². The molecular formula is C23H28N4O2S. The molecule has 2 atom stereocenters. The fourth-order valence-corrected chi connectivity index (χ4v) is 5.02. The van der Waals surface area contributed by atoms with Gasteiger partial charge >= 0.3 is 0 Å². The van der Waals surface area contributed by atoms with Gasteiger partial charge in [-0.1, -0.05) is 20.8 Å². The third-order valence-electron chi connectivity index (χ3n) is 6.08. The zero-order valence-electron chi connectivity index (χ0n) is 17.9. The Morgan fingerprint density at radius 3 is 2.73 bits per heavy atom. The van der Waals surface area contributed by atoms with Crippen LogP contribution in [0.15, 0.2) is 23.8 Å². The van der Waals surface area contributed by atoms with Crippen LogP contribution in [0.25, 0.3) is 21.6 Å². The number of imidazole rings is 1. The minimum absolute atomic E-state index is 0.0161. The minimum atomic E-state index is -0.0635. The van der Waals surface area contributed by atoms with Crippen LogP contribution in [0.3, 0.4) is 0 Å². The summed E-state index contributed by atoms with van der Waals surface area (Å²) in [6.07, 6.45) is 4.77. The lowest BCUT2D eigenvalue weighted by atomic mass is 9.93. The SMILES string of the molecule is C[C@@H](Oc1cc(-c2nc(C(C)(C)C)cs2)cc2ncn(C3CC3)c12)[C@H]1CNC(=O)C1. The van der Waals surface area contributed by atoms with Crippen LogP contribution in [0, 0.1) is 5.92 Å². The Hall–Kier alpha value is -2.41. The summed E-state index contributed by atoms with van der Waals surface area (Å²) in [7, 11) is 0. The van der Waals surface area contributed by atoms with Crippen LogP contribution < -0.4 is 10.1 Å². The van der Waals surface area contributed by atoms with Crippen molar-refractivity contribution in [1.29, 1.82) is 0 Å². The van der Waals surface area contributed by atoms with Crippen LogP contribution in [0.1, 0.15) is 58.7 Å². The lowest BCUT2D eigenvalue weighted by Crippen LogP contribution is -2.25. The summed E-state index contributed by atoms with van der Waals surface area (Å²) in [6.45, 7) is 9.27. The first-order valence-electron chi connectivity index (χ1n) is 10.7. The highest BCUT2D eigenvalue weighted by Gasteiger charge is 2.31. The first kappa shape index (κ1) is 19.5. The van der Waals surface area contributed by atoms with E-state index in [1.807, 2.05) is 6.33 Å². The highest BCUT2D eigenvalue weighted by molar-refractivity contribution is 7.13. The highest BCUT2D eigenvalue weighted by atomic mass is 32.1. The number of thiazole rings is 1. The molecule has 30 heavy (non-hydrogen) atoms. The zero-order chi connectivity index (χ0) is 21.0. The molecule has 0 radical (unpaired) electrons. The van der Waals surface area contributed by atoms with Crippen LogP contribution in [0.4, 0.5) is 0 Å². The number of rotatable bonds is 5. The molecule has 3 aromatic rings. The molecule has 1 aliphatic heterocycles. The van der Waals surface area contributed by atoms with Crippen molar-refractivity contribution in [3.8, 4) is 16.3 Å². The van der Waals surface area contributed by atoms with E-state index in [0.29, 0.717) is 19.0 Å². The molecule has 1 N–H and O–H groups in total. The topological polar surface area (TPSA) is 69.0 Å². The fourth-order valence-electron chi connectivity index (χ4n) is 3.98. The second kappa shape index (κ2) is 7.08. The number of nitrogens with one attached hydrogen (secondary N) is 1. The molecule has 2 fully saturated rings. The van der Waals surface area contributed by atoms with Gasteiger partial charge in [-0.15, -0.1) is 11.3 Å². The van der Waals surface area contributed by atoms with Gasteiger partial charge in [-0.3, -0.25) is 4.79 Å². The number of benzene rings is 1. The minimum Gasteiger partial charge on any atom is -0.488 e. The van der Waals surface area contributed by atoms with Crippen molar-refractivity contribution in [2.75, 3.05) is 6.54 Å². The van der Waals surface area contributed by atoms with Crippen molar-refractivity contribution >= 4 is 28.3 Å². The molecule has 0 spiro atoms. The van der Waals surface area contributed by atoms with E-state index in [1.54, 1.807) is 11.3 Å². The lowest BCUT2D eigenvalue weighted by Gasteiger charge is -2.21. The van der Waals surface area contributed by atoms with Crippen molar-refractivity contribution < 1.29 is 9.53 Å². The fraction of sp³-hybridized carbons (Fsp3) is 0.522. The summed E-state index contributed by atoms with van der Waals surface area (Å²) in [5.74, 6) is 1.13. The van der Waals surface area contributed by atoms with Crippen molar-refractivity contribution in [2.45, 2.75) is 64.5 Å². The first-order valence-corrected chi connectivity index (χ1v) is 11.6. The number of amides is 1. The summed E-state index contributed by atoms with van der Waals surface area (Å²) in [6, 6.07) is 4.74. The molecule has 3 heterocycles. The molecule has 1 aromatic carbocycles. The number of ether oxygens (including phenoxy) is 1. The molecule has 158 valence electrons. The maximum atomic E-state index is 11.7. The van der Waals surface area contributed by atoms with Gasteiger partial charge in [0.05, 0.1) is 17.5 Å². The number of nitrogens with zero attached hydrogens (tertiary/aromatic N) is 3. The smallest absolute Gasteiger partial charge is 0.220 e. The summed E-state index contributed by atoms with van der Waals surface area (Å²) in [5, 5.41) is 6.04.